The summed E-state index contributed by atoms with van der Waals surface area (Å²) in [5.74, 6) is -0.210. The van der Waals surface area contributed by atoms with Crippen LogP contribution in [0, 0.1) is 11.3 Å². The van der Waals surface area contributed by atoms with Gasteiger partial charge in [0.1, 0.15) is 5.69 Å². The molecule has 0 fully saturated rings. The predicted octanol–water partition coefficient (Wildman–Crippen LogP) is 3.67. The molecule has 1 amide bonds. The van der Waals surface area contributed by atoms with Crippen molar-refractivity contribution in [2.24, 2.45) is 7.05 Å². The molecule has 0 radical (unpaired) electrons. The summed E-state index contributed by atoms with van der Waals surface area (Å²) < 4.78 is 3.25. The Labute approximate surface area is 127 Å². The molecule has 0 aliphatic rings. The molecule has 0 aliphatic carbocycles. The molecule has 0 unspecified atom stereocenters. The third-order valence-electron chi connectivity index (χ3n) is 2.55. The Morgan fingerprint density at radius 1 is 1.37 bits per heavy atom. The SMILES string of the molecule is Cn1cc(Br)cc1C(=O)Nc1ccc(C#N)cc1Br. The van der Waals surface area contributed by atoms with Crippen LogP contribution in [0.5, 0.6) is 0 Å². The number of amides is 1. The number of anilines is 1. The largest absolute Gasteiger partial charge is 0.345 e. The molecule has 19 heavy (non-hydrogen) atoms. The van der Waals surface area contributed by atoms with Crippen molar-refractivity contribution in [1.29, 1.82) is 5.26 Å². The van der Waals surface area contributed by atoms with E-state index in [4.69, 9.17) is 5.26 Å². The highest BCUT2D eigenvalue weighted by Crippen LogP contribution is 2.24. The second-order valence-electron chi connectivity index (χ2n) is 3.92. The van der Waals surface area contributed by atoms with Crippen LogP contribution in [0.2, 0.25) is 0 Å². The third-order valence-corrected chi connectivity index (χ3v) is 3.64. The van der Waals surface area contributed by atoms with E-state index in [1.54, 1.807) is 35.9 Å². The molecule has 0 saturated carbocycles. The molecule has 1 aromatic heterocycles. The minimum atomic E-state index is -0.210. The van der Waals surface area contributed by atoms with E-state index in [0.717, 1.165) is 4.47 Å². The van der Waals surface area contributed by atoms with Crippen LogP contribution in [0.15, 0.2) is 39.4 Å². The topological polar surface area (TPSA) is 57.8 Å². The maximum Gasteiger partial charge on any atom is 0.272 e. The van der Waals surface area contributed by atoms with Crippen molar-refractivity contribution in [1.82, 2.24) is 4.57 Å². The lowest BCUT2D eigenvalue weighted by Crippen LogP contribution is -2.15. The number of halogens is 2. The van der Waals surface area contributed by atoms with Gasteiger partial charge in [-0.15, -0.1) is 0 Å². The number of rotatable bonds is 2. The van der Waals surface area contributed by atoms with Crippen LogP contribution >= 0.6 is 31.9 Å². The van der Waals surface area contributed by atoms with Gasteiger partial charge in [-0.3, -0.25) is 4.79 Å². The van der Waals surface area contributed by atoms with E-state index >= 15 is 0 Å². The minimum Gasteiger partial charge on any atom is -0.345 e. The minimum absolute atomic E-state index is 0.210. The van der Waals surface area contributed by atoms with E-state index in [2.05, 4.69) is 37.2 Å². The van der Waals surface area contributed by atoms with Gasteiger partial charge in [-0.1, -0.05) is 0 Å². The standard InChI is InChI=1S/C13H9Br2N3O/c1-18-7-9(14)5-12(18)13(19)17-11-3-2-8(6-16)4-10(11)15/h2-5,7H,1H3,(H,17,19). The first-order chi connectivity index (χ1) is 9.01. The van der Waals surface area contributed by atoms with Crippen molar-refractivity contribution >= 4 is 43.5 Å². The first-order valence-electron chi connectivity index (χ1n) is 5.34. The molecule has 0 saturated heterocycles. The van der Waals surface area contributed by atoms with E-state index in [1.807, 2.05) is 12.3 Å². The number of aryl methyl sites for hydroxylation is 1. The zero-order valence-electron chi connectivity index (χ0n) is 9.95. The fraction of sp³-hybridized carbons (Fsp3) is 0.0769. The van der Waals surface area contributed by atoms with Crippen molar-refractivity contribution in [2.45, 2.75) is 0 Å². The van der Waals surface area contributed by atoms with E-state index in [1.165, 1.54) is 0 Å². The summed E-state index contributed by atoms with van der Waals surface area (Å²) >= 11 is 6.65. The second-order valence-corrected chi connectivity index (χ2v) is 5.69. The zero-order valence-corrected chi connectivity index (χ0v) is 13.1. The molecule has 0 spiro atoms. The summed E-state index contributed by atoms with van der Waals surface area (Å²) in [4.78, 5) is 12.1. The third kappa shape index (κ3) is 3.06. The number of nitriles is 1. The van der Waals surface area contributed by atoms with Gasteiger partial charge in [-0.05, 0) is 56.1 Å². The highest BCUT2D eigenvalue weighted by atomic mass is 79.9. The average Bonchev–Trinajstić information content (AvgIpc) is 2.71. The number of carbonyl (C=O) groups excluding carboxylic acids is 1. The molecule has 0 bridgehead atoms. The Balaban J connectivity index is 2.25. The van der Waals surface area contributed by atoms with Crippen LogP contribution in [0.25, 0.3) is 0 Å². The molecule has 1 aromatic carbocycles. The smallest absolute Gasteiger partial charge is 0.272 e. The van der Waals surface area contributed by atoms with Crippen LogP contribution in [0.3, 0.4) is 0 Å². The van der Waals surface area contributed by atoms with Crippen LogP contribution in [0.1, 0.15) is 16.1 Å². The van der Waals surface area contributed by atoms with Crippen molar-refractivity contribution < 1.29 is 4.79 Å². The van der Waals surface area contributed by atoms with Crippen LogP contribution in [-0.2, 0) is 7.05 Å². The highest BCUT2D eigenvalue weighted by Gasteiger charge is 2.12. The number of carbonyl (C=O) groups is 1. The quantitative estimate of drug-likeness (QED) is 0.861. The lowest BCUT2D eigenvalue weighted by molar-refractivity contribution is 0.101. The summed E-state index contributed by atoms with van der Waals surface area (Å²) in [6, 6.07) is 8.79. The summed E-state index contributed by atoms with van der Waals surface area (Å²) in [6.07, 6.45) is 1.81. The van der Waals surface area contributed by atoms with Gasteiger partial charge in [0.25, 0.3) is 5.91 Å². The normalized spacial score (nSPS) is 10.0. The summed E-state index contributed by atoms with van der Waals surface area (Å²) in [6.45, 7) is 0. The Morgan fingerprint density at radius 3 is 2.63 bits per heavy atom. The fourth-order valence-electron chi connectivity index (χ4n) is 1.62. The van der Waals surface area contributed by atoms with Gasteiger partial charge < -0.3 is 9.88 Å². The molecule has 2 rings (SSSR count). The van der Waals surface area contributed by atoms with E-state index in [-0.39, 0.29) is 5.91 Å². The first-order valence-corrected chi connectivity index (χ1v) is 6.92. The zero-order chi connectivity index (χ0) is 14.0. The maximum absolute atomic E-state index is 12.1. The maximum atomic E-state index is 12.1. The van der Waals surface area contributed by atoms with Crippen LogP contribution in [-0.4, -0.2) is 10.5 Å². The number of hydrogen-bond acceptors (Lipinski definition) is 2. The molecule has 1 N–H and O–H groups in total. The summed E-state index contributed by atoms with van der Waals surface area (Å²) in [7, 11) is 1.80. The van der Waals surface area contributed by atoms with Crippen molar-refractivity contribution in [3.05, 3.63) is 50.7 Å². The fourth-order valence-corrected chi connectivity index (χ4v) is 2.62. The first kappa shape index (κ1) is 13.8. The number of benzene rings is 1. The second kappa shape index (κ2) is 5.59. The van der Waals surface area contributed by atoms with Gasteiger partial charge in [0.15, 0.2) is 0 Å². The van der Waals surface area contributed by atoms with Gasteiger partial charge in [0, 0.05) is 22.2 Å². The Morgan fingerprint density at radius 2 is 2.11 bits per heavy atom. The van der Waals surface area contributed by atoms with Gasteiger partial charge >= 0.3 is 0 Å². The van der Waals surface area contributed by atoms with Gasteiger partial charge in [-0.25, -0.2) is 0 Å². The van der Waals surface area contributed by atoms with Gasteiger partial charge in [0.2, 0.25) is 0 Å². The number of aromatic nitrogens is 1. The van der Waals surface area contributed by atoms with Crippen molar-refractivity contribution in [3.8, 4) is 6.07 Å². The molecular weight excluding hydrogens is 374 g/mol. The molecular formula is C13H9Br2N3O. The van der Waals surface area contributed by atoms with Gasteiger partial charge in [0.05, 0.1) is 17.3 Å². The molecule has 6 heteroatoms. The number of hydrogen-bond donors (Lipinski definition) is 1. The van der Waals surface area contributed by atoms with E-state index < -0.39 is 0 Å². The molecule has 4 nitrogen and oxygen atoms in total. The predicted molar refractivity (Wildman–Crippen MR) is 79.9 cm³/mol. The molecule has 1 heterocycles. The Kier molecular flexibility index (Phi) is 4.08. The summed E-state index contributed by atoms with van der Waals surface area (Å²) in [5.41, 5.74) is 1.70. The highest BCUT2D eigenvalue weighted by molar-refractivity contribution is 9.10. The monoisotopic (exact) mass is 381 g/mol. The average molecular weight is 383 g/mol. The Hall–Kier alpha value is -1.58. The van der Waals surface area contributed by atoms with Crippen molar-refractivity contribution in [2.75, 3.05) is 5.32 Å². The Bertz CT molecular complexity index is 686. The molecule has 0 atom stereocenters. The lowest BCUT2D eigenvalue weighted by atomic mass is 10.2. The van der Waals surface area contributed by atoms with Crippen molar-refractivity contribution in [3.63, 3.8) is 0 Å². The van der Waals surface area contributed by atoms with E-state index in [0.29, 0.717) is 21.4 Å². The van der Waals surface area contributed by atoms with E-state index in [9.17, 15) is 4.79 Å². The molecule has 96 valence electrons. The number of nitrogens with zero attached hydrogens (tertiary/aromatic N) is 2. The van der Waals surface area contributed by atoms with Crippen LogP contribution < -0.4 is 5.32 Å². The van der Waals surface area contributed by atoms with Gasteiger partial charge in [-0.2, -0.15) is 5.26 Å². The molecule has 0 aliphatic heterocycles. The lowest BCUT2D eigenvalue weighted by Gasteiger charge is -2.08. The number of nitrogens with one attached hydrogen (secondary N) is 1. The molecule has 2 aromatic rings. The van der Waals surface area contributed by atoms with Crippen LogP contribution in [0.4, 0.5) is 5.69 Å². The summed E-state index contributed by atoms with van der Waals surface area (Å²) in [5, 5.41) is 11.6.